The van der Waals surface area contributed by atoms with Crippen LogP contribution in [0.25, 0.3) is 6.08 Å². The minimum absolute atomic E-state index is 0.156. The van der Waals surface area contributed by atoms with E-state index < -0.39 is 18.0 Å². The number of hydrogen-bond acceptors (Lipinski definition) is 4. The molecule has 0 radical (unpaired) electrons. The maximum atomic E-state index is 11.0. The van der Waals surface area contributed by atoms with E-state index in [-0.39, 0.29) is 6.10 Å². The highest BCUT2D eigenvalue weighted by Crippen LogP contribution is 2.22. The van der Waals surface area contributed by atoms with Gasteiger partial charge in [-0.2, -0.15) is 0 Å². The van der Waals surface area contributed by atoms with E-state index in [9.17, 15) is 9.59 Å². The Morgan fingerprint density at radius 2 is 1.95 bits per heavy atom. The largest absolute Gasteiger partial charge is 0.489 e. The monoisotopic (exact) mass is 291 g/mol. The second-order valence-electron chi connectivity index (χ2n) is 5.01. The van der Waals surface area contributed by atoms with E-state index in [0.717, 1.165) is 11.6 Å². The van der Waals surface area contributed by atoms with Crippen LogP contribution in [0.2, 0.25) is 0 Å². The minimum Gasteiger partial charge on any atom is -0.489 e. The summed E-state index contributed by atoms with van der Waals surface area (Å²) in [6, 6.07) is 6.49. The van der Waals surface area contributed by atoms with Crippen molar-refractivity contribution < 1.29 is 24.5 Å². The number of carboxylic acids is 2. The molecule has 1 aromatic carbocycles. The van der Waals surface area contributed by atoms with Crippen LogP contribution in [-0.4, -0.2) is 52.8 Å². The Morgan fingerprint density at radius 1 is 1.29 bits per heavy atom. The van der Waals surface area contributed by atoms with Gasteiger partial charge in [-0.1, -0.05) is 12.1 Å². The molecule has 2 rings (SSSR count). The molecule has 0 aromatic heterocycles. The smallest absolute Gasteiger partial charge is 0.328 e. The summed E-state index contributed by atoms with van der Waals surface area (Å²) in [4.78, 5) is 23.2. The number of likely N-dealkylation sites (tertiary alicyclic amines) is 1. The molecule has 0 unspecified atom stereocenters. The molecule has 1 aliphatic heterocycles. The van der Waals surface area contributed by atoms with Gasteiger partial charge in [0.1, 0.15) is 17.9 Å². The van der Waals surface area contributed by atoms with Gasteiger partial charge in [-0.3, -0.25) is 9.69 Å². The van der Waals surface area contributed by atoms with Crippen molar-refractivity contribution in [3.05, 3.63) is 35.9 Å². The Kier molecular flexibility index (Phi) is 4.59. The maximum Gasteiger partial charge on any atom is 0.328 e. The van der Waals surface area contributed by atoms with Gasteiger partial charge < -0.3 is 14.9 Å². The third-order valence-electron chi connectivity index (χ3n) is 3.40. The fraction of sp³-hybridized carbons (Fsp3) is 0.333. The second-order valence-corrected chi connectivity index (χ2v) is 5.01. The molecule has 0 spiro atoms. The minimum atomic E-state index is -0.996. The van der Waals surface area contributed by atoms with Crippen molar-refractivity contribution >= 4 is 18.0 Å². The predicted molar refractivity (Wildman–Crippen MR) is 76.2 cm³/mol. The van der Waals surface area contributed by atoms with Crippen LogP contribution in [-0.2, 0) is 9.59 Å². The first-order chi connectivity index (χ1) is 9.95. The number of aliphatic carboxylic acids is 2. The highest BCUT2D eigenvalue weighted by atomic mass is 16.5. The predicted octanol–water partition coefficient (Wildman–Crippen LogP) is 1.32. The summed E-state index contributed by atoms with van der Waals surface area (Å²) in [5.74, 6) is -1.19. The maximum absolute atomic E-state index is 11.0. The van der Waals surface area contributed by atoms with Crippen molar-refractivity contribution in [2.75, 3.05) is 13.6 Å². The molecule has 1 heterocycles. The molecule has 2 N–H and O–H groups in total. The molecular weight excluding hydrogens is 274 g/mol. The van der Waals surface area contributed by atoms with E-state index in [1.807, 2.05) is 0 Å². The number of nitrogens with zero attached hydrogens (tertiary/aromatic N) is 1. The Hall–Kier alpha value is -2.34. The van der Waals surface area contributed by atoms with Gasteiger partial charge in [0.2, 0.25) is 0 Å². The van der Waals surface area contributed by atoms with Gasteiger partial charge in [0.25, 0.3) is 0 Å². The van der Waals surface area contributed by atoms with Gasteiger partial charge in [-0.25, -0.2) is 4.79 Å². The molecule has 0 bridgehead atoms. The van der Waals surface area contributed by atoms with Gasteiger partial charge in [-0.15, -0.1) is 0 Å². The van der Waals surface area contributed by atoms with Gasteiger partial charge in [0, 0.05) is 19.0 Å². The zero-order chi connectivity index (χ0) is 15.4. The second kappa shape index (κ2) is 6.41. The van der Waals surface area contributed by atoms with E-state index in [0.29, 0.717) is 18.7 Å². The van der Waals surface area contributed by atoms with E-state index >= 15 is 0 Å². The Bertz CT molecular complexity index is 552. The van der Waals surface area contributed by atoms with Crippen molar-refractivity contribution in [1.29, 1.82) is 0 Å². The van der Waals surface area contributed by atoms with Gasteiger partial charge in [-0.05, 0) is 30.8 Å². The average molecular weight is 291 g/mol. The summed E-state index contributed by atoms with van der Waals surface area (Å²) in [6.07, 6.45) is 2.86. The molecule has 0 aliphatic carbocycles. The lowest BCUT2D eigenvalue weighted by Crippen LogP contribution is -2.32. The molecule has 0 saturated carbocycles. The molecule has 1 saturated heterocycles. The quantitative estimate of drug-likeness (QED) is 0.796. The molecule has 1 aromatic rings. The molecule has 6 nitrogen and oxygen atoms in total. The average Bonchev–Trinajstić information content (AvgIpc) is 2.79. The van der Waals surface area contributed by atoms with Crippen molar-refractivity contribution in [1.82, 2.24) is 4.90 Å². The van der Waals surface area contributed by atoms with Crippen LogP contribution >= 0.6 is 0 Å². The lowest BCUT2D eigenvalue weighted by molar-refractivity contribution is -0.141. The summed E-state index contributed by atoms with van der Waals surface area (Å²) in [7, 11) is 1.77. The molecule has 1 aliphatic rings. The van der Waals surface area contributed by atoms with Crippen molar-refractivity contribution in [3.63, 3.8) is 0 Å². The van der Waals surface area contributed by atoms with Crippen molar-refractivity contribution in [2.45, 2.75) is 18.6 Å². The fourth-order valence-corrected chi connectivity index (χ4v) is 2.34. The summed E-state index contributed by atoms with van der Waals surface area (Å²) >= 11 is 0. The summed E-state index contributed by atoms with van der Waals surface area (Å²) < 4.78 is 5.76. The SMILES string of the molecule is CN1C[C@H](Oc2ccc(C=CC(=O)O)cc2)C[C@H]1C(=O)O. The fourth-order valence-electron chi connectivity index (χ4n) is 2.34. The number of carbonyl (C=O) groups is 2. The van der Waals surface area contributed by atoms with E-state index in [2.05, 4.69) is 0 Å². The van der Waals surface area contributed by atoms with Crippen LogP contribution in [0.15, 0.2) is 30.3 Å². The number of likely N-dealkylation sites (N-methyl/N-ethyl adjacent to an activating group) is 1. The molecule has 6 heteroatoms. The van der Waals surface area contributed by atoms with Crippen LogP contribution in [0, 0.1) is 0 Å². The van der Waals surface area contributed by atoms with Gasteiger partial charge >= 0.3 is 11.9 Å². The van der Waals surface area contributed by atoms with Crippen LogP contribution in [0.4, 0.5) is 0 Å². The standard InChI is InChI=1S/C15H17NO5/c1-16-9-12(8-13(16)15(19)20)21-11-5-2-10(3-6-11)4-7-14(17)18/h2-7,12-13H,8-9H2,1H3,(H,17,18)(H,19,20)/t12-,13+/m1/s1. The molecular formula is C15H17NO5. The highest BCUT2D eigenvalue weighted by molar-refractivity contribution is 5.85. The summed E-state index contributed by atoms with van der Waals surface area (Å²) in [5.41, 5.74) is 0.761. The zero-order valence-corrected chi connectivity index (χ0v) is 11.6. The topological polar surface area (TPSA) is 87.1 Å². The van der Waals surface area contributed by atoms with Crippen molar-refractivity contribution in [2.24, 2.45) is 0 Å². The number of rotatable bonds is 5. The Labute approximate surface area is 122 Å². The third-order valence-corrected chi connectivity index (χ3v) is 3.40. The van der Waals surface area contributed by atoms with E-state index in [1.54, 1.807) is 36.2 Å². The Balaban J connectivity index is 1.95. The zero-order valence-electron chi connectivity index (χ0n) is 11.6. The van der Waals surface area contributed by atoms with Gasteiger partial charge in [0.15, 0.2) is 0 Å². The number of carboxylic acid groups (broad SMARTS) is 2. The van der Waals surface area contributed by atoms with Crippen LogP contribution in [0.5, 0.6) is 5.75 Å². The van der Waals surface area contributed by atoms with E-state index in [4.69, 9.17) is 14.9 Å². The molecule has 1 fully saturated rings. The molecule has 21 heavy (non-hydrogen) atoms. The number of hydrogen-bond donors (Lipinski definition) is 2. The first-order valence-electron chi connectivity index (χ1n) is 6.56. The normalized spacial score (nSPS) is 22.5. The first kappa shape index (κ1) is 15.1. The molecule has 0 amide bonds. The molecule has 112 valence electrons. The van der Waals surface area contributed by atoms with E-state index in [1.165, 1.54) is 6.08 Å². The van der Waals surface area contributed by atoms with Crippen molar-refractivity contribution in [3.8, 4) is 5.75 Å². The molecule has 2 atom stereocenters. The summed E-state index contributed by atoms with van der Waals surface area (Å²) in [5, 5.41) is 17.6. The number of ether oxygens (including phenoxy) is 1. The highest BCUT2D eigenvalue weighted by Gasteiger charge is 2.35. The van der Waals surface area contributed by atoms with Crippen LogP contribution in [0.3, 0.4) is 0 Å². The Morgan fingerprint density at radius 3 is 2.48 bits per heavy atom. The first-order valence-corrected chi connectivity index (χ1v) is 6.56. The summed E-state index contributed by atoms with van der Waals surface area (Å²) in [6.45, 7) is 0.567. The third kappa shape index (κ3) is 4.06. The lowest BCUT2D eigenvalue weighted by Gasteiger charge is -2.13. The number of benzene rings is 1. The van der Waals surface area contributed by atoms with Gasteiger partial charge in [0.05, 0.1) is 0 Å². The van der Waals surface area contributed by atoms with Crippen LogP contribution < -0.4 is 4.74 Å². The lowest BCUT2D eigenvalue weighted by atomic mass is 10.2. The van der Waals surface area contributed by atoms with Crippen LogP contribution in [0.1, 0.15) is 12.0 Å².